The molecule has 0 radical (unpaired) electrons. The minimum Gasteiger partial charge on any atom is -0.506 e. The van der Waals surface area contributed by atoms with E-state index in [9.17, 15) is 5.11 Å². The first kappa shape index (κ1) is 13.0. The third-order valence-corrected chi connectivity index (χ3v) is 3.29. The van der Waals surface area contributed by atoms with Gasteiger partial charge in [-0.2, -0.15) is 0 Å². The summed E-state index contributed by atoms with van der Waals surface area (Å²) in [7, 11) is 1.98. The molecule has 0 saturated carbocycles. The lowest BCUT2D eigenvalue weighted by molar-refractivity contribution is 0.473. The summed E-state index contributed by atoms with van der Waals surface area (Å²) >= 11 is 0. The predicted octanol–water partition coefficient (Wildman–Crippen LogP) is 3.08. The van der Waals surface area contributed by atoms with Crippen LogP contribution in [0.2, 0.25) is 0 Å². The first-order chi connectivity index (χ1) is 8.65. The van der Waals surface area contributed by atoms with Crippen molar-refractivity contribution in [2.45, 2.75) is 32.7 Å². The van der Waals surface area contributed by atoms with Crippen LogP contribution >= 0.6 is 0 Å². The van der Waals surface area contributed by atoms with Crippen molar-refractivity contribution in [2.75, 3.05) is 13.6 Å². The van der Waals surface area contributed by atoms with Crippen molar-refractivity contribution >= 4 is 10.9 Å². The second kappa shape index (κ2) is 5.44. The lowest BCUT2D eigenvalue weighted by Crippen LogP contribution is -2.11. The first-order valence-electron chi connectivity index (χ1n) is 6.61. The topological polar surface area (TPSA) is 37.2 Å². The standard InChI is InChI=1S/C15H22N2O/c1-11(2)17-13(7-5-9-16-3)10-12-6-4-8-14(18)15(12)17/h4,6,8,10-11,16,18H,5,7,9H2,1-3H3. The van der Waals surface area contributed by atoms with Gasteiger partial charge in [0, 0.05) is 17.1 Å². The molecule has 98 valence electrons. The zero-order valence-electron chi connectivity index (χ0n) is 11.4. The van der Waals surface area contributed by atoms with Crippen LogP contribution in [0.25, 0.3) is 10.9 Å². The molecule has 1 heterocycles. The fourth-order valence-electron chi connectivity index (χ4n) is 2.55. The van der Waals surface area contributed by atoms with Crippen molar-refractivity contribution in [3.8, 4) is 5.75 Å². The van der Waals surface area contributed by atoms with Crippen LogP contribution in [0.1, 0.15) is 32.0 Å². The number of phenols is 1. The smallest absolute Gasteiger partial charge is 0.139 e. The molecule has 0 saturated heterocycles. The number of hydrogen-bond acceptors (Lipinski definition) is 2. The van der Waals surface area contributed by atoms with Crippen LogP contribution < -0.4 is 5.32 Å². The van der Waals surface area contributed by atoms with Gasteiger partial charge in [-0.1, -0.05) is 12.1 Å². The van der Waals surface area contributed by atoms with Gasteiger partial charge in [-0.25, -0.2) is 0 Å². The van der Waals surface area contributed by atoms with E-state index in [4.69, 9.17) is 0 Å². The fraction of sp³-hybridized carbons (Fsp3) is 0.467. The van der Waals surface area contributed by atoms with Crippen molar-refractivity contribution in [1.29, 1.82) is 0 Å². The number of nitrogens with one attached hydrogen (secondary N) is 1. The summed E-state index contributed by atoms with van der Waals surface area (Å²) in [5.74, 6) is 0.376. The zero-order valence-corrected chi connectivity index (χ0v) is 11.4. The normalized spacial score (nSPS) is 11.6. The Bertz CT molecular complexity index is 529. The van der Waals surface area contributed by atoms with Gasteiger partial charge in [0.15, 0.2) is 0 Å². The van der Waals surface area contributed by atoms with Gasteiger partial charge in [0.2, 0.25) is 0 Å². The van der Waals surface area contributed by atoms with Crippen molar-refractivity contribution in [3.05, 3.63) is 30.0 Å². The molecule has 0 amide bonds. The number of fused-ring (bicyclic) bond motifs is 1. The number of benzene rings is 1. The quantitative estimate of drug-likeness (QED) is 0.796. The molecular weight excluding hydrogens is 224 g/mol. The summed E-state index contributed by atoms with van der Waals surface area (Å²) < 4.78 is 2.25. The van der Waals surface area contributed by atoms with E-state index in [1.807, 2.05) is 13.1 Å². The molecule has 0 aliphatic heterocycles. The van der Waals surface area contributed by atoms with Crippen molar-refractivity contribution in [1.82, 2.24) is 9.88 Å². The lowest BCUT2D eigenvalue weighted by Gasteiger charge is -2.15. The Hall–Kier alpha value is -1.48. The average Bonchev–Trinajstić information content (AvgIpc) is 2.69. The second-order valence-corrected chi connectivity index (χ2v) is 5.02. The van der Waals surface area contributed by atoms with Crippen LogP contribution in [0, 0.1) is 0 Å². The first-order valence-corrected chi connectivity index (χ1v) is 6.61. The lowest BCUT2D eigenvalue weighted by atomic mass is 10.2. The Morgan fingerprint density at radius 2 is 2.11 bits per heavy atom. The third kappa shape index (κ3) is 2.36. The van der Waals surface area contributed by atoms with E-state index in [1.165, 1.54) is 5.69 Å². The van der Waals surface area contributed by atoms with Gasteiger partial charge in [-0.3, -0.25) is 0 Å². The molecule has 3 heteroatoms. The van der Waals surface area contributed by atoms with Gasteiger partial charge in [0.1, 0.15) is 5.75 Å². The highest BCUT2D eigenvalue weighted by Gasteiger charge is 2.13. The van der Waals surface area contributed by atoms with E-state index in [1.54, 1.807) is 6.07 Å². The number of phenolic OH excluding ortho intramolecular Hbond substituents is 1. The van der Waals surface area contributed by atoms with Crippen molar-refractivity contribution in [2.24, 2.45) is 0 Å². The Morgan fingerprint density at radius 1 is 1.33 bits per heavy atom. The van der Waals surface area contributed by atoms with E-state index < -0.39 is 0 Å². The maximum absolute atomic E-state index is 10.1. The fourth-order valence-corrected chi connectivity index (χ4v) is 2.55. The minimum absolute atomic E-state index is 0.361. The van der Waals surface area contributed by atoms with Crippen LogP contribution in [0.3, 0.4) is 0 Å². The second-order valence-electron chi connectivity index (χ2n) is 5.02. The third-order valence-electron chi connectivity index (χ3n) is 3.29. The molecule has 0 aliphatic rings. The van der Waals surface area contributed by atoms with E-state index in [2.05, 4.69) is 35.9 Å². The summed E-state index contributed by atoms with van der Waals surface area (Å²) in [5, 5.41) is 14.4. The Kier molecular flexibility index (Phi) is 3.92. The number of aryl methyl sites for hydroxylation is 1. The Morgan fingerprint density at radius 3 is 2.78 bits per heavy atom. The molecule has 2 aromatic rings. The van der Waals surface area contributed by atoms with Crippen LogP contribution in [0.5, 0.6) is 5.75 Å². The SMILES string of the molecule is CNCCCc1cc2cccc(O)c2n1C(C)C. The van der Waals surface area contributed by atoms with E-state index >= 15 is 0 Å². The van der Waals surface area contributed by atoms with Crippen LogP contribution in [0.15, 0.2) is 24.3 Å². The molecular formula is C15H22N2O. The van der Waals surface area contributed by atoms with Crippen molar-refractivity contribution < 1.29 is 5.11 Å². The molecule has 18 heavy (non-hydrogen) atoms. The molecule has 2 rings (SSSR count). The van der Waals surface area contributed by atoms with E-state index in [-0.39, 0.29) is 0 Å². The van der Waals surface area contributed by atoms with Crippen LogP contribution in [0.4, 0.5) is 0 Å². The summed E-state index contributed by atoms with van der Waals surface area (Å²) in [6.45, 7) is 5.34. The maximum atomic E-state index is 10.1. The van der Waals surface area contributed by atoms with Gasteiger partial charge >= 0.3 is 0 Å². The van der Waals surface area contributed by atoms with Crippen LogP contribution in [-0.4, -0.2) is 23.3 Å². The predicted molar refractivity (Wildman–Crippen MR) is 76.2 cm³/mol. The van der Waals surface area contributed by atoms with Gasteiger partial charge in [-0.15, -0.1) is 0 Å². The highest BCUT2D eigenvalue weighted by molar-refractivity contribution is 5.86. The molecule has 0 bridgehead atoms. The van der Waals surface area contributed by atoms with Crippen LogP contribution in [-0.2, 0) is 6.42 Å². The van der Waals surface area contributed by atoms with Crippen molar-refractivity contribution in [3.63, 3.8) is 0 Å². The van der Waals surface area contributed by atoms with E-state index in [0.717, 1.165) is 30.3 Å². The molecule has 0 aliphatic carbocycles. The van der Waals surface area contributed by atoms with Gasteiger partial charge < -0.3 is 15.0 Å². The van der Waals surface area contributed by atoms with E-state index in [0.29, 0.717) is 11.8 Å². The highest BCUT2D eigenvalue weighted by atomic mass is 16.3. The zero-order chi connectivity index (χ0) is 13.1. The molecule has 3 nitrogen and oxygen atoms in total. The average molecular weight is 246 g/mol. The summed E-state index contributed by atoms with van der Waals surface area (Å²) in [6.07, 6.45) is 2.15. The maximum Gasteiger partial charge on any atom is 0.139 e. The minimum atomic E-state index is 0.361. The molecule has 2 N–H and O–H groups in total. The summed E-state index contributed by atoms with van der Waals surface area (Å²) in [4.78, 5) is 0. The number of nitrogens with zero attached hydrogens (tertiary/aromatic N) is 1. The number of aromatic nitrogens is 1. The van der Waals surface area contributed by atoms with Gasteiger partial charge in [0.25, 0.3) is 0 Å². The van der Waals surface area contributed by atoms with Gasteiger partial charge in [-0.05, 0) is 52.4 Å². The number of aromatic hydroxyl groups is 1. The Labute approximate surface area is 108 Å². The molecule has 0 fully saturated rings. The molecule has 0 atom stereocenters. The summed E-state index contributed by atoms with van der Waals surface area (Å²) in [5.41, 5.74) is 2.27. The Balaban J connectivity index is 2.45. The molecule has 1 aromatic heterocycles. The summed E-state index contributed by atoms with van der Waals surface area (Å²) in [6, 6.07) is 8.29. The largest absolute Gasteiger partial charge is 0.506 e. The molecule has 0 unspecified atom stereocenters. The number of rotatable bonds is 5. The molecule has 1 aromatic carbocycles. The number of para-hydroxylation sites is 1. The highest BCUT2D eigenvalue weighted by Crippen LogP contribution is 2.31. The molecule has 0 spiro atoms. The number of hydrogen-bond donors (Lipinski definition) is 2. The monoisotopic (exact) mass is 246 g/mol. The van der Waals surface area contributed by atoms with Gasteiger partial charge in [0.05, 0.1) is 5.52 Å².